The van der Waals surface area contributed by atoms with E-state index in [-0.39, 0.29) is 33.7 Å². The summed E-state index contributed by atoms with van der Waals surface area (Å²) in [6.45, 7) is 7.88. The minimum Gasteiger partial charge on any atom is -0.473 e. The molecule has 4 aromatic rings. The van der Waals surface area contributed by atoms with Crippen molar-refractivity contribution in [3.63, 3.8) is 0 Å². The lowest BCUT2D eigenvalue weighted by molar-refractivity contribution is -0.122. The van der Waals surface area contributed by atoms with Crippen LogP contribution in [0.3, 0.4) is 0 Å². The second-order valence-corrected chi connectivity index (χ2v) is 9.30. The highest BCUT2D eigenvalue weighted by Gasteiger charge is 2.25. The molecule has 178 valence electrons. The number of ether oxygens (including phenoxy) is 1. The molecule has 8 heteroatoms. The van der Waals surface area contributed by atoms with Gasteiger partial charge in [-0.25, -0.2) is 0 Å². The van der Waals surface area contributed by atoms with E-state index in [4.69, 9.17) is 9.15 Å². The number of para-hydroxylation sites is 1. The average Bonchev–Trinajstić information content (AvgIpc) is 3.19. The molecule has 0 radical (unpaired) electrons. The van der Waals surface area contributed by atoms with Crippen molar-refractivity contribution in [3.05, 3.63) is 76.1 Å². The van der Waals surface area contributed by atoms with E-state index in [1.54, 1.807) is 31.3 Å². The van der Waals surface area contributed by atoms with Gasteiger partial charge in [0.1, 0.15) is 23.0 Å². The second kappa shape index (κ2) is 9.11. The molecular weight excluding hydrogens is 444 g/mol. The standard InChI is InChI=1S/C27H26N4O4/c1-16(26(33)30-25-18(14-28)15-29-31(25)5)34-24-22(32)20-8-6-7-9-21(20)35-23(24)17-10-12-19(13-11-17)27(2,3)4/h6-13,15-16H,1-5H3,(H,30,33). The van der Waals surface area contributed by atoms with Gasteiger partial charge in [0, 0.05) is 12.6 Å². The number of aromatic nitrogens is 2. The highest BCUT2D eigenvalue weighted by Crippen LogP contribution is 2.33. The van der Waals surface area contributed by atoms with Crippen LogP contribution in [0.4, 0.5) is 5.82 Å². The molecule has 0 aliphatic rings. The van der Waals surface area contributed by atoms with E-state index >= 15 is 0 Å². The molecule has 1 amide bonds. The van der Waals surface area contributed by atoms with Crippen LogP contribution >= 0.6 is 0 Å². The Morgan fingerprint density at radius 2 is 1.86 bits per heavy atom. The van der Waals surface area contributed by atoms with E-state index in [1.807, 2.05) is 30.3 Å². The first-order valence-corrected chi connectivity index (χ1v) is 11.2. The highest BCUT2D eigenvalue weighted by atomic mass is 16.5. The predicted molar refractivity (Wildman–Crippen MR) is 133 cm³/mol. The van der Waals surface area contributed by atoms with Gasteiger partial charge in [0.15, 0.2) is 11.9 Å². The van der Waals surface area contributed by atoms with Gasteiger partial charge in [0.05, 0.1) is 11.6 Å². The molecule has 4 rings (SSSR count). The Balaban J connectivity index is 1.74. The number of nitriles is 1. The molecule has 0 saturated carbocycles. The number of aryl methyl sites for hydroxylation is 1. The number of rotatable bonds is 5. The quantitative estimate of drug-likeness (QED) is 0.450. The van der Waals surface area contributed by atoms with E-state index in [0.29, 0.717) is 16.5 Å². The molecule has 2 aromatic carbocycles. The molecule has 35 heavy (non-hydrogen) atoms. The molecule has 8 nitrogen and oxygen atoms in total. The molecular formula is C27H26N4O4. The van der Waals surface area contributed by atoms with Crippen LogP contribution in [-0.2, 0) is 17.3 Å². The summed E-state index contributed by atoms with van der Waals surface area (Å²) in [6, 6.07) is 16.6. The maximum atomic E-state index is 13.4. The number of hydrogen-bond acceptors (Lipinski definition) is 6. The second-order valence-electron chi connectivity index (χ2n) is 9.30. The Labute approximate surface area is 202 Å². The lowest BCUT2D eigenvalue weighted by Crippen LogP contribution is -2.32. The van der Waals surface area contributed by atoms with Crippen molar-refractivity contribution >= 4 is 22.7 Å². The van der Waals surface area contributed by atoms with Gasteiger partial charge >= 0.3 is 0 Å². The van der Waals surface area contributed by atoms with E-state index in [1.165, 1.54) is 17.8 Å². The van der Waals surface area contributed by atoms with Crippen LogP contribution in [0.5, 0.6) is 5.75 Å². The molecule has 0 spiro atoms. The minimum absolute atomic E-state index is 0.0389. The first kappa shape index (κ1) is 23.8. The number of nitrogens with zero attached hydrogens (tertiary/aromatic N) is 3. The Hall–Kier alpha value is -4.38. The maximum absolute atomic E-state index is 13.4. The Morgan fingerprint density at radius 1 is 1.17 bits per heavy atom. The summed E-state index contributed by atoms with van der Waals surface area (Å²) in [6.07, 6.45) is 0.298. The van der Waals surface area contributed by atoms with Crippen molar-refractivity contribution in [3.8, 4) is 23.1 Å². The monoisotopic (exact) mass is 470 g/mol. The lowest BCUT2D eigenvalue weighted by atomic mass is 9.86. The summed E-state index contributed by atoms with van der Waals surface area (Å²) in [5.74, 6) is -0.101. The topological polar surface area (TPSA) is 110 Å². The van der Waals surface area contributed by atoms with Gasteiger partial charge in [-0.05, 0) is 30.0 Å². The molecule has 0 saturated heterocycles. The van der Waals surface area contributed by atoms with Crippen LogP contribution < -0.4 is 15.5 Å². The summed E-state index contributed by atoms with van der Waals surface area (Å²) < 4.78 is 13.4. The molecule has 2 aromatic heterocycles. The largest absolute Gasteiger partial charge is 0.473 e. The molecule has 2 heterocycles. The van der Waals surface area contributed by atoms with Crippen LogP contribution in [0.15, 0.2) is 63.9 Å². The predicted octanol–water partition coefficient (Wildman–Crippen LogP) is 4.77. The Bertz CT molecular complexity index is 1500. The molecule has 1 unspecified atom stereocenters. The lowest BCUT2D eigenvalue weighted by Gasteiger charge is -2.20. The number of carbonyl (C=O) groups is 1. The first-order chi connectivity index (χ1) is 16.6. The van der Waals surface area contributed by atoms with Crippen LogP contribution in [0, 0.1) is 11.3 Å². The fraction of sp³-hybridized carbons (Fsp3) is 0.259. The smallest absolute Gasteiger partial charge is 0.266 e. The van der Waals surface area contributed by atoms with Gasteiger partial charge in [-0.2, -0.15) is 10.4 Å². The minimum atomic E-state index is -1.06. The fourth-order valence-corrected chi connectivity index (χ4v) is 3.66. The molecule has 1 N–H and O–H groups in total. The van der Waals surface area contributed by atoms with Crippen LogP contribution in [0.2, 0.25) is 0 Å². The van der Waals surface area contributed by atoms with Crippen molar-refractivity contribution in [2.75, 3.05) is 5.32 Å². The van der Waals surface area contributed by atoms with Gasteiger partial charge in [0.2, 0.25) is 11.2 Å². The zero-order chi connectivity index (χ0) is 25.3. The van der Waals surface area contributed by atoms with Crippen molar-refractivity contribution in [1.82, 2.24) is 9.78 Å². The number of hydrogen-bond donors (Lipinski definition) is 1. The Morgan fingerprint density at radius 3 is 2.51 bits per heavy atom. The van der Waals surface area contributed by atoms with Gasteiger partial charge < -0.3 is 14.5 Å². The summed E-state index contributed by atoms with van der Waals surface area (Å²) in [7, 11) is 1.61. The third kappa shape index (κ3) is 4.66. The van der Waals surface area contributed by atoms with Crippen molar-refractivity contribution in [1.29, 1.82) is 5.26 Å². The molecule has 0 aliphatic carbocycles. The van der Waals surface area contributed by atoms with E-state index in [0.717, 1.165) is 5.56 Å². The third-order valence-electron chi connectivity index (χ3n) is 5.73. The fourth-order valence-electron chi connectivity index (χ4n) is 3.66. The number of nitrogens with one attached hydrogen (secondary N) is 1. The average molecular weight is 471 g/mol. The van der Waals surface area contributed by atoms with Crippen LogP contribution in [-0.4, -0.2) is 21.8 Å². The third-order valence-corrected chi connectivity index (χ3v) is 5.73. The number of anilines is 1. The Kier molecular flexibility index (Phi) is 6.18. The number of amides is 1. The number of fused-ring (bicyclic) bond motifs is 1. The SMILES string of the molecule is CC(Oc1c(-c2ccc(C(C)(C)C)cc2)oc2ccccc2c1=O)C(=O)Nc1c(C#N)cnn1C. The molecule has 0 aliphatic heterocycles. The number of benzene rings is 2. The van der Waals surface area contributed by atoms with E-state index in [2.05, 4.69) is 31.2 Å². The summed E-state index contributed by atoms with van der Waals surface area (Å²) in [5.41, 5.74) is 2.01. The highest BCUT2D eigenvalue weighted by molar-refractivity contribution is 5.94. The van der Waals surface area contributed by atoms with E-state index in [9.17, 15) is 14.9 Å². The van der Waals surface area contributed by atoms with Gasteiger partial charge in [0.25, 0.3) is 5.91 Å². The zero-order valence-corrected chi connectivity index (χ0v) is 20.2. The van der Waals surface area contributed by atoms with Gasteiger partial charge in [-0.15, -0.1) is 0 Å². The van der Waals surface area contributed by atoms with Crippen LogP contribution in [0.1, 0.15) is 38.8 Å². The van der Waals surface area contributed by atoms with Gasteiger partial charge in [-0.1, -0.05) is 57.2 Å². The molecule has 0 fully saturated rings. The van der Waals surface area contributed by atoms with Crippen LogP contribution in [0.25, 0.3) is 22.3 Å². The first-order valence-electron chi connectivity index (χ1n) is 11.2. The maximum Gasteiger partial charge on any atom is 0.266 e. The van der Waals surface area contributed by atoms with Gasteiger partial charge in [-0.3, -0.25) is 14.3 Å². The number of carbonyl (C=O) groups excluding carboxylic acids is 1. The summed E-state index contributed by atoms with van der Waals surface area (Å²) in [4.78, 5) is 26.3. The van der Waals surface area contributed by atoms with E-state index < -0.39 is 12.0 Å². The normalized spacial score (nSPS) is 12.2. The molecule has 1 atom stereocenters. The van der Waals surface area contributed by atoms with Crippen molar-refractivity contribution in [2.45, 2.75) is 39.2 Å². The van der Waals surface area contributed by atoms with Crippen molar-refractivity contribution in [2.24, 2.45) is 7.05 Å². The summed E-state index contributed by atoms with van der Waals surface area (Å²) in [5, 5.41) is 16.2. The van der Waals surface area contributed by atoms with Crippen molar-refractivity contribution < 1.29 is 13.9 Å². The summed E-state index contributed by atoms with van der Waals surface area (Å²) >= 11 is 0. The molecule has 0 bridgehead atoms. The zero-order valence-electron chi connectivity index (χ0n) is 20.2.